The number of hydrogen-bond donors (Lipinski definition) is 1. The molecule has 1 heterocycles. The SMILES string of the molecule is Nc1nc2ccc(C(F)(F)F)cc2nc1Br. The molecule has 2 rings (SSSR count). The zero-order valence-electron chi connectivity index (χ0n) is 7.72. The molecule has 7 heteroatoms. The van der Waals surface area contributed by atoms with E-state index in [2.05, 4.69) is 25.9 Å². The highest BCUT2D eigenvalue weighted by atomic mass is 79.9. The smallest absolute Gasteiger partial charge is 0.381 e. The molecule has 0 bridgehead atoms. The topological polar surface area (TPSA) is 51.8 Å². The van der Waals surface area contributed by atoms with Crippen molar-refractivity contribution in [3.05, 3.63) is 28.4 Å². The summed E-state index contributed by atoms with van der Waals surface area (Å²) in [6.45, 7) is 0. The molecular weight excluding hydrogens is 287 g/mol. The van der Waals surface area contributed by atoms with Crippen molar-refractivity contribution < 1.29 is 13.2 Å². The maximum atomic E-state index is 12.4. The van der Waals surface area contributed by atoms with E-state index in [-0.39, 0.29) is 15.9 Å². The van der Waals surface area contributed by atoms with Crippen LogP contribution in [0.2, 0.25) is 0 Å². The molecule has 3 nitrogen and oxygen atoms in total. The Labute approximate surface area is 96.6 Å². The minimum atomic E-state index is -4.39. The lowest BCUT2D eigenvalue weighted by Gasteiger charge is -2.07. The van der Waals surface area contributed by atoms with Crippen molar-refractivity contribution in [2.24, 2.45) is 0 Å². The molecule has 1 aromatic carbocycles. The molecule has 2 N–H and O–H groups in total. The van der Waals surface area contributed by atoms with Crippen molar-refractivity contribution in [3.63, 3.8) is 0 Å². The number of nitrogen functional groups attached to an aromatic ring is 1. The Kier molecular flexibility index (Phi) is 2.49. The van der Waals surface area contributed by atoms with E-state index in [4.69, 9.17) is 5.73 Å². The largest absolute Gasteiger partial charge is 0.416 e. The van der Waals surface area contributed by atoms with Crippen LogP contribution in [0.3, 0.4) is 0 Å². The quantitative estimate of drug-likeness (QED) is 0.812. The van der Waals surface area contributed by atoms with Crippen molar-refractivity contribution in [3.8, 4) is 0 Å². The van der Waals surface area contributed by atoms with Crippen molar-refractivity contribution >= 4 is 32.8 Å². The number of halogens is 4. The standard InChI is InChI=1S/C9H5BrF3N3/c10-7-8(14)16-5-2-1-4(9(11,12)13)3-6(5)15-7/h1-3H,(H2,14,16). The average Bonchev–Trinajstić information content (AvgIpc) is 2.17. The maximum absolute atomic E-state index is 12.4. The second-order valence-electron chi connectivity index (χ2n) is 3.10. The Morgan fingerprint density at radius 1 is 1.12 bits per heavy atom. The lowest BCUT2D eigenvalue weighted by Crippen LogP contribution is -2.05. The molecule has 84 valence electrons. The minimum Gasteiger partial charge on any atom is -0.381 e. The number of rotatable bonds is 0. The van der Waals surface area contributed by atoms with Crippen LogP contribution in [0.5, 0.6) is 0 Å². The van der Waals surface area contributed by atoms with Crippen molar-refractivity contribution in [1.29, 1.82) is 0 Å². The van der Waals surface area contributed by atoms with Gasteiger partial charge in [-0.3, -0.25) is 0 Å². The van der Waals surface area contributed by atoms with Crippen LogP contribution in [-0.2, 0) is 6.18 Å². The molecule has 0 aliphatic heterocycles. The Hall–Kier alpha value is -1.37. The van der Waals surface area contributed by atoms with E-state index in [1.54, 1.807) is 0 Å². The van der Waals surface area contributed by atoms with Gasteiger partial charge < -0.3 is 5.73 Å². The van der Waals surface area contributed by atoms with Gasteiger partial charge in [0.25, 0.3) is 0 Å². The van der Waals surface area contributed by atoms with Gasteiger partial charge in [0.15, 0.2) is 5.82 Å². The summed E-state index contributed by atoms with van der Waals surface area (Å²) in [5.41, 5.74) is 5.19. The van der Waals surface area contributed by atoms with Gasteiger partial charge in [-0.1, -0.05) is 0 Å². The van der Waals surface area contributed by atoms with Crippen molar-refractivity contribution in [2.75, 3.05) is 5.73 Å². The minimum absolute atomic E-state index is 0.146. The Morgan fingerprint density at radius 2 is 1.81 bits per heavy atom. The van der Waals surface area contributed by atoms with E-state index in [1.165, 1.54) is 6.07 Å². The van der Waals surface area contributed by atoms with Gasteiger partial charge in [0.2, 0.25) is 0 Å². The third-order valence-corrected chi connectivity index (χ3v) is 2.56. The molecule has 1 aromatic heterocycles. The number of anilines is 1. The van der Waals surface area contributed by atoms with Gasteiger partial charge in [0.05, 0.1) is 16.6 Å². The molecule has 0 spiro atoms. The van der Waals surface area contributed by atoms with Gasteiger partial charge in [-0.15, -0.1) is 0 Å². The summed E-state index contributed by atoms with van der Waals surface area (Å²) in [7, 11) is 0. The van der Waals surface area contributed by atoms with E-state index in [0.29, 0.717) is 5.52 Å². The normalized spacial score (nSPS) is 12.0. The monoisotopic (exact) mass is 291 g/mol. The summed E-state index contributed by atoms with van der Waals surface area (Å²) in [4.78, 5) is 7.78. The molecule has 0 aliphatic rings. The van der Waals surface area contributed by atoms with E-state index in [9.17, 15) is 13.2 Å². The van der Waals surface area contributed by atoms with Gasteiger partial charge in [0, 0.05) is 0 Å². The number of hydrogen-bond acceptors (Lipinski definition) is 3. The van der Waals surface area contributed by atoms with Crippen molar-refractivity contribution in [2.45, 2.75) is 6.18 Å². The zero-order valence-corrected chi connectivity index (χ0v) is 9.30. The van der Waals surface area contributed by atoms with E-state index in [0.717, 1.165) is 12.1 Å². The second-order valence-corrected chi connectivity index (χ2v) is 3.85. The predicted octanol–water partition coefficient (Wildman–Crippen LogP) is 2.99. The van der Waals surface area contributed by atoms with Gasteiger partial charge >= 0.3 is 6.18 Å². The number of nitrogens with zero attached hydrogens (tertiary/aromatic N) is 2. The fourth-order valence-corrected chi connectivity index (χ4v) is 1.50. The van der Waals surface area contributed by atoms with E-state index in [1.807, 2.05) is 0 Å². The first-order chi connectivity index (χ1) is 7.38. The van der Waals surface area contributed by atoms with Crippen LogP contribution in [-0.4, -0.2) is 9.97 Å². The molecule has 0 aliphatic carbocycles. The third-order valence-electron chi connectivity index (χ3n) is 1.97. The molecule has 2 aromatic rings. The molecule has 0 fully saturated rings. The van der Waals surface area contributed by atoms with E-state index >= 15 is 0 Å². The first kappa shape index (κ1) is 11.1. The summed E-state index contributed by atoms with van der Waals surface area (Å²) in [6, 6.07) is 3.13. The molecule has 0 saturated heterocycles. The highest BCUT2D eigenvalue weighted by Gasteiger charge is 2.30. The molecule has 0 unspecified atom stereocenters. The van der Waals surface area contributed by atoms with Gasteiger partial charge in [-0.25, -0.2) is 9.97 Å². The number of alkyl halides is 3. The second kappa shape index (κ2) is 3.58. The Bertz CT molecular complexity index is 553. The lowest BCUT2D eigenvalue weighted by molar-refractivity contribution is -0.137. The van der Waals surface area contributed by atoms with Crippen LogP contribution < -0.4 is 5.73 Å². The molecular formula is C9H5BrF3N3. The Morgan fingerprint density at radius 3 is 2.44 bits per heavy atom. The molecule has 0 atom stereocenters. The lowest BCUT2D eigenvalue weighted by atomic mass is 10.2. The average molecular weight is 292 g/mol. The summed E-state index contributed by atoms with van der Waals surface area (Å²) < 4.78 is 37.5. The summed E-state index contributed by atoms with van der Waals surface area (Å²) >= 11 is 3.01. The molecule has 0 amide bonds. The van der Waals surface area contributed by atoms with Crippen LogP contribution in [0.4, 0.5) is 19.0 Å². The summed E-state index contributed by atoms with van der Waals surface area (Å²) in [5, 5.41) is 0. The first-order valence-corrected chi connectivity index (χ1v) is 4.97. The van der Waals surface area contributed by atoms with Gasteiger partial charge in [-0.2, -0.15) is 13.2 Å². The zero-order chi connectivity index (χ0) is 11.9. The number of fused-ring (bicyclic) bond motifs is 1. The van der Waals surface area contributed by atoms with Crippen LogP contribution in [0, 0.1) is 0 Å². The van der Waals surface area contributed by atoms with Gasteiger partial charge in [-0.05, 0) is 34.1 Å². The van der Waals surface area contributed by atoms with Crippen LogP contribution in [0.15, 0.2) is 22.8 Å². The van der Waals surface area contributed by atoms with Crippen molar-refractivity contribution in [1.82, 2.24) is 9.97 Å². The Balaban J connectivity index is 2.67. The van der Waals surface area contributed by atoms with E-state index < -0.39 is 11.7 Å². The fourth-order valence-electron chi connectivity index (χ4n) is 1.22. The third kappa shape index (κ3) is 1.95. The fraction of sp³-hybridized carbons (Fsp3) is 0.111. The molecule has 0 radical (unpaired) electrons. The summed E-state index contributed by atoms with van der Waals surface area (Å²) in [5.74, 6) is 0.146. The van der Waals surface area contributed by atoms with Crippen LogP contribution in [0.1, 0.15) is 5.56 Å². The highest BCUT2D eigenvalue weighted by molar-refractivity contribution is 9.10. The highest BCUT2D eigenvalue weighted by Crippen LogP contribution is 2.31. The number of benzene rings is 1. The molecule has 16 heavy (non-hydrogen) atoms. The maximum Gasteiger partial charge on any atom is 0.416 e. The number of aromatic nitrogens is 2. The predicted molar refractivity (Wildman–Crippen MR) is 56.7 cm³/mol. The molecule has 0 saturated carbocycles. The first-order valence-electron chi connectivity index (χ1n) is 4.18. The van der Waals surface area contributed by atoms with Crippen LogP contribution in [0.25, 0.3) is 11.0 Å². The van der Waals surface area contributed by atoms with Gasteiger partial charge in [0.1, 0.15) is 4.60 Å². The number of nitrogens with two attached hydrogens (primary N) is 1. The van der Waals surface area contributed by atoms with Crippen LogP contribution >= 0.6 is 15.9 Å². The summed E-state index contributed by atoms with van der Waals surface area (Å²) in [6.07, 6.45) is -4.39.